The van der Waals surface area contributed by atoms with Gasteiger partial charge < -0.3 is 5.32 Å². The Balaban J connectivity index is 2.42. The molecule has 0 atom stereocenters. The summed E-state index contributed by atoms with van der Waals surface area (Å²) >= 11 is 5.99. The Labute approximate surface area is 114 Å². The van der Waals surface area contributed by atoms with Crippen molar-refractivity contribution in [3.63, 3.8) is 0 Å². The Morgan fingerprint density at radius 3 is 2.63 bits per heavy atom. The van der Waals surface area contributed by atoms with Crippen LogP contribution in [-0.2, 0) is 0 Å². The van der Waals surface area contributed by atoms with Gasteiger partial charge in [0.05, 0.1) is 22.6 Å². The van der Waals surface area contributed by atoms with Crippen LogP contribution in [0, 0.1) is 31.0 Å². The molecule has 2 rings (SSSR count). The third kappa shape index (κ3) is 2.80. The summed E-state index contributed by atoms with van der Waals surface area (Å²) in [6, 6.07) is 5.77. The van der Waals surface area contributed by atoms with E-state index in [-0.39, 0.29) is 10.7 Å². The van der Waals surface area contributed by atoms with Crippen molar-refractivity contribution in [2.75, 3.05) is 5.32 Å². The van der Waals surface area contributed by atoms with Crippen LogP contribution >= 0.6 is 11.6 Å². The number of nitrogens with zero attached hydrogens (tertiary/aromatic N) is 3. The van der Waals surface area contributed by atoms with Crippen LogP contribution in [0.2, 0.25) is 5.15 Å². The third-order valence-electron chi connectivity index (χ3n) is 2.62. The highest BCUT2D eigenvalue weighted by atomic mass is 35.5. The molecular formula is C13H10ClFN4. The van der Waals surface area contributed by atoms with Crippen molar-refractivity contribution < 1.29 is 4.39 Å². The van der Waals surface area contributed by atoms with Crippen molar-refractivity contribution in [1.29, 1.82) is 5.26 Å². The molecule has 0 spiro atoms. The predicted octanol–water partition coefficient (Wildman–Crippen LogP) is 3.50. The highest BCUT2D eigenvalue weighted by Gasteiger charge is 2.10. The number of nitriles is 1. The minimum Gasteiger partial charge on any atom is -0.337 e. The first-order chi connectivity index (χ1) is 9.01. The summed E-state index contributed by atoms with van der Waals surface area (Å²) < 4.78 is 13.0. The number of hydrogen-bond donors (Lipinski definition) is 1. The predicted molar refractivity (Wildman–Crippen MR) is 70.9 cm³/mol. The average Bonchev–Trinajstić information content (AvgIpc) is 2.37. The molecule has 0 amide bonds. The van der Waals surface area contributed by atoms with Crippen molar-refractivity contribution in [3.05, 3.63) is 46.1 Å². The van der Waals surface area contributed by atoms with E-state index in [0.29, 0.717) is 11.5 Å². The molecule has 0 saturated carbocycles. The molecule has 0 unspecified atom stereocenters. The summed E-state index contributed by atoms with van der Waals surface area (Å²) in [6.45, 7) is 3.61. The quantitative estimate of drug-likeness (QED) is 0.912. The first-order valence-corrected chi connectivity index (χ1v) is 5.86. The van der Waals surface area contributed by atoms with Gasteiger partial charge in [0.2, 0.25) is 0 Å². The Morgan fingerprint density at radius 2 is 1.95 bits per heavy atom. The average molecular weight is 277 g/mol. The zero-order chi connectivity index (χ0) is 14.0. The second kappa shape index (κ2) is 5.21. The van der Waals surface area contributed by atoms with Crippen LogP contribution in [0.15, 0.2) is 18.2 Å². The number of hydrogen-bond acceptors (Lipinski definition) is 4. The van der Waals surface area contributed by atoms with Gasteiger partial charge in [-0.2, -0.15) is 5.26 Å². The Bertz CT molecular complexity index is 679. The van der Waals surface area contributed by atoms with Gasteiger partial charge in [-0.3, -0.25) is 0 Å². The Kier molecular flexibility index (Phi) is 3.63. The second-order valence-corrected chi connectivity index (χ2v) is 4.32. The van der Waals surface area contributed by atoms with Crippen LogP contribution in [0.25, 0.3) is 0 Å². The largest absolute Gasteiger partial charge is 0.337 e. The fourth-order valence-electron chi connectivity index (χ4n) is 1.50. The van der Waals surface area contributed by atoms with E-state index in [4.69, 9.17) is 16.9 Å². The van der Waals surface area contributed by atoms with Gasteiger partial charge in [-0.25, -0.2) is 14.4 Å². The molecule has 0 aliphatic heterocycles. The van der Waals surface area contributed by atoms with Crippen LogP contribution in [-0.4, -0.2) is 9.97 Å². The smallest absolute Gasteiger partial charge is 0.172 e. The number of benzene rings is 1. The van der Waals surface area contributed by atoms with Crippen LogP contribution < -0.4 is 5.32 Å². The van der Waals surface area contributed by atoms with Gasteiger partial charge >= 0.3 is 0 Å². The molecule has 0 aliphatic rings. The lowest BCUT2D eigenvalue weighted by atomic mass is 10.2. The van der Waals surface area contributed by atoms with Crippen LogP contribution in [0.4, 0.5) is 15.9 Å². The minimum absolute atomic E-state index is 0.177. The van der Waals surface area contributed by atoms with E-state index in [0.717, 1.165) is 17.5 Å². The molecule has 96 valence electrons. The highest BCUT2D eigenvalue weighted by molar-refractivity contribution is 6.31. The molecule has 0 aliphatic carbocycles. The van der Waals surface area contributed by atoms with Crippen molar-refractivity contribution in [2.45, 2.75) is 13.8 Å². The fraction of sp³-hybridized carbons (Fsp3) is 0.154. The van der Waals surface area contributed by atoms with Crippen LogP contribution in [0.1, 0.15) is 17.0 Å². The van der Waals surface area contributed by atoms with Crippen molar-refractivity contribution in [3.8, 4) is 6.07 Å². The molecule has 1 aromatic heterocycles. The lowest BCUT2D eigenvalue weighted by Gasteiger charge is -2.10. The molecule has 1 aromatic carbocycles. The van der Waals surface area contributed by atoms with Gasteiger partial charge in [-0.1, -0.05) is 11.6 Å². The normalized spacial score (nSPS) is 10.1. The number of rotatable bonds is 2. The summed E-state index contributed by atoms with van der Waals surface area (Å²) in [6.07, 6.45) is 0. The maximum absolute atomic E-state index is 13.0. The minimum atomic E-state index is -0.473. The van der Waals surface area contributed by atoms with Gasteiger partial charge in [0.1, 0.15) is 11.9 Å². The molecule has 6 heteroatoms. The highest BCUT2D eigenvalue weighted by Crippen LogP contribution is 2.25. The van der Waals surface area contributed by atoms with Gasteiger partial charge in [0.15, 0.2) is 11.0 Å². The summed E-state index contributed by atoms with van der Waals surface area (Å²) in [5, 5.41) is 12.1. The van der Waals surface area contributed by atoms with Gasteiger partial charge in [0, 0.05) is 0 Å². The zero-order valence-electron chi connectivity index (χ0n) is 10.3. The monoisotopic (exact) mass is 276 g/mol. The lowest BCUT2D eigenvalue weighted by molar-refractivity contribution is 0.627. The molecule has 19 heavy (non-hydrogen) atoms. The van der Waals surface area contributed by atoms with E-state index >= 15 is 0 Å². The fourth-order valence-corrected chi connectivity index (χ4v) is 1.72. The van der Waals surface area contributed by atoms with E-state index in [1.54, 1.807) is 13.8 Å². The summed E-state index contributed by atoms with van der Waals surface area (Å²) in [4.78, 5) is 8.38. The van der Waals surface area contributed by atoms with Crippen molar-refractivity contribution >= 4 is 23.1 Å². The van der Waals surface area contributed by atoms with Gasteiger partial charge in [-0.15, -0.1) is 0 Å². The lowest BCUT2D eigenvalue weighted by Crippen LogP contribution is -2.02. The molecule has 0 saturated heterocycles. The SMILES string of the molecule is Cc1nc(Cl)c(Nc2ccc(F)cc2C#N)nc1C. The van der Waals surface area contributed by atoms with Crippen LogP contribution in [0.3, 0.4) is 0 Å². The third-order valence-corrected chi connectivity index (χ3v) is 2.88. The molecule has 0 radical (unpaired) electrons. The number of halogens is 2. The number of aromatic nitrogens is 2. The molecule has 1 N–H and O–H groups in total. The summed E-state index contributed by atoms with van der Waals surface area (Å²) in [7, 11) is 0. The van der Waals surface area contributed by atoms with E-state index in [1.165, 1.54) is 12.1 Å². The number of anilines is 2. The van der Waals surface area contributed by atoms with Crippen molar-refractivity contribution in [1.82, 2.24) is 9.97 Å². The standard InChI is InChI=1S/C13H10ClFN4/c1-7-8(2)18-13(12(14)17-7)19-11-4-3-10(15)5-9(11)6-16/h3-5H,1-2H3,(H,18,19). The zero-order valence-corrected chi connectivity index (χ0v) is 11.1. The Morgan fingerprint density at radius 1 is 1.26 bits per heavy atom. The van der Waals surface area contributed by atoms with Crippen molar-refractivity contribution in [2.24, 2.45) is 0 Å². The molecule has 1 heterocycles. The molecule has 4 nitrogen and oxygen atoms in total. The molecule has 0 bridgehead atoms. The maximum Gasteiger partial charge on any atom is 0.172 e. The number of nitrogens with one attached hydrogen (secondary N) is 1. The summed E-state index contributed by atoms with van der Waals surface area (Å²) in [5.74, 6) is -0.132. The first kappa shape index (κ1) is 13.2. The maximum atomic E-state index is 13.0. The van der Waals surface area contributed by atoms with E-state index in [1.807, 2.05) is 6.07 Å². The van der Waals surface area contributed by atoms with Crippen LogP contribution in [0.5, 0.6) is 0 Å². The number of aryl methyl sites for hydroxylation is 2. The van der Waals surface area contributed by atoms with E-state index in [9.17, 15) is 4.39 Å². The first-order valence-electron chi connectivity index (χ1n) is 5.48. The second-order valence-electron chi connectivity index (χ2n) is 3.96. The summed E-state index contributed by atoms with van der Waals surface area (Å²) in [5.41, 5.74) is 2.07. The topological polar surface area (TPSA) is 61.6 Å². The van der Waals surface area contributed by atoms with Gasteiger partial charge in [0.25, 0.3) is 0 Å². The Hall–Kier alpha value is -2.19. The molecule has 2 aromatic rings. The van der Waals surface area contributed by atoms with Gasteiger partial charge in [-0.05, 0) is 32.0 Å². The van der Waals surface area contributed by atoms with E-state index < -0.39 is 5.82 Å². The molecular weight excluding hydrogens is 267 g/mol. The molecule has 0 fully saturated rings. The van der Waals surface area contributed by atoms with E-state index in [2.05, 4.69) is 15.3 Å².